The Morgan fingerprint density at radius 1 is 1.32 bits per heavy atom. The molecule has 0 spiro atoms. The van der Waals surface area contributed by atoms with Crippen molar-refractivity contribution < 1.29 is 19.4 Å². The molecule has 0 aliphatic carbocycles. The first-order chi connectivity index (χ1) is 10.1. The quantitative estimate of drug-likeness (QED) is 0.587. The Kier molecular flexibility index (Phi) is 6.62. The summed E-state index contributed by atoms with van der Waals surface area (Å²) < 4.78 is 5.20. The summed E-state index contributed by atoms with van der Waals surface area (Å²) >= 11 is 0. The Balaban J connectivity index is 2.62. The zero-order valence-electron chi connectivity index (χ0n) is 14.1. The lowest BCUT2D eigenvalue weighted by Crippen LogP contribution is -2.53. The van der Waals surface area contributed by atoms with Crippen LogP contribution in [-0.2, 0) is 9.53 Å². The molecule has 7 heteroatoms. The van der Waals surface area contributed by atoms with E-state index in [0.29, 0.717) is 19.5 Å². The number of alkyl carbamates (subject to hydrolysis) is 1. The molecule has 22 heavy (non-hydrogen) atoms. The fraction of sp³-hybridized carbons (Fsp3) is 0.867. The Labute approximate surface area is 132 Å². The summed E-state index contributed by atoms with van der Waals surface area (Å²) in [6.07, 6.45) is -0.718. The molecule has 3 atom stereocenters. The van der Waals surface area contributed by atoms with E-state index in [0.717, 1.165) is 0 Å². The first kappa shape index (κ1) is 18.7. The highest BCUT2D eigenvalue weighted by Gasteiger charge is 2.30. The van der Waals surface area contributed by atoms with Crippen LogP contribution in [0, 0.1) is 5.92 Å². The molecule has 0 aromatic rings. The van der Waals surface area contributed by atoms with Crippen molar-refractivity contribution in [3.05, 3.63) is 0 Å². The molecule has 1 saturated heterocycles. The van der Waals surface area contributed by atoms with Crippen molar-refractivity contribution in [2.24, 2.45) is 5.92 Å². The predicted molar refractivity (Wildman–Crippen MR) is 83.4 cm³/mol. The average molecular weight is 315 g/mol. The van der Waals surface area contributed by atoms with Crippen LogP contribution >= 0.6 is 0 Å². The lowest BCUT2D eigenvalue weighted by Gasteiger charge is -2.25. The molecule has 7 nitrogen and oxygen atoms in total. The van der Waals surface area contributed by atoms with E-state index in [1.165, 1.54) is 0 Å². The molecular formula is C15H29N3O4. The van der Waals surface area contributed by atoms with Gasteiger partial charge in [0.25, 0.3) is 0 Å². The van der Waals surface area contributed by atoms with E-state index in [2.05, 4.69) is 16.0 Å². The van der Waals surface area contributed by atoms with E-state index < -0.39 is 23.8 Å². The number of carbonyl (C=O) groups is 2. The zero-order valence-corrected chi connectivity index (χ0v) is 14.1. The van der Waals surface area contributed by atoms with E-state index in [1.54, 1.807) is 20.8 Å². The summed E-state index contributed by atoms with van der Waals surface area (Å²) in [4.78, 5) is 24.2. The number of aliphatic hydroxyl groups is 1. The summed E-state index contributed by atoms with van der Waals surface area (Å²) in [5.74, 6) is -0.0652. The second kappa shape index (κ2) is 7.78. The van der Waals surface area contributed by atoms with Crippen molar-refractivity contribution in [2.45, 2.75) is 64.8 Å². The van der Waals surface area contributed by atoms with Gasteiger partial charge in [-0.25, -0.2) is 4.79 Å². The summed E-state index contributed by atoms with van der Waals surface area (Å²) in [7, 11) is 0. The number of ether oxygens (including phenoxy) is 1. The maximum absolute atomic E-state index is 12.4. The third-order valence-electron chi connectivity index (χ3n) is 3.22. The Hall–Kier alpha value is -1.34. The molecule has 0 aromatic heterocycles. The van der Waals surface area contributed by atoms with Crippen molar-refractivity contribution >= 4 is 12.0 Å². The number of β-amino-alcohol motifs (C(OH)–C–C–N with tert-alkyl or cyclic N) is 1. The first-order valence-corrected chi connectivity index (χ1v) is 7.77. The minimum Gasteiger partial charge on any atom is -0.444 e. The van der Waals surface area contributed by atoms with Crippen molar-refractivity contribution in [3.8, 4) is 0 Å². The SMILES string of the molecule is CC(C)C[C@H](NC(=O)OC(C)(C)C)C(=O)NC1CNCC1O. The fourth-order valence-corrected chi connectivity index (χ4v) is 2.25. The van der Waals surface area contributed by atoms with E-state index in [9.17, 15) is 14.7 Å². The number of nitrogens with one attached hydrogen (secondary N) is 3. The van der Waals surface area contributed by atoms with Gasteiger partial charge in [-0.2, -0.15) is 0 Å². The summed E-state index contributed by atoms with van der Waals surface area (Å²) in [6.45, 7) is 10.2. The topological polar surface area (TPSA) is 99.7 Å². The molecule has 1 aliphatic heterocycles. The van der Waals surface area contributed by atoms with Crippen LogP contribution in [0.2, 0.25) is 0 Å². The largest absolute Gasteiger partial charge is 0.444 e. The van der Waals surface area contributed by atoms with Gasteiger partial charge in [0, 0.05) is 13.1 Å². The average Bonchev–Trinajstić information content (AvgIpc) is 2.71. The molecule has 0 aromatic carbocycles. The van der Waals surface area contributed by atoms with Crippen LogP contribution in [0.3, 0.4) is 0 Å². The molecule has 0 saturated carbocycles. The standard InChI is InChI=1S/C15H29N3O4/c1-9(2)6-10(18-14(21)22-15(3,4)5)13(20)17-11-7-16-8-12(11)19/h9-12,16,19H,6-8H2,1-5H3,(H,17,20)(H,18,21)/t10-,11?,12?/m0/s1. The number of amides is 2. The van der Waals surface area contributed by atoms with Gasteiger partial charge in [-0.05, 0) is 33.1 Å². The molecule has 1 fully saturated rings. The molecular weight excluding hydrogens is 286 g/mol. The molecule has 1 aliphatic rings. The van der Waals surface area contributed by atoms with E-state index >= 15 is 0 Å². The third-order valence-corrected chi connectivity index (χ3v) is 3.22. The highest BCUT2D eigenvalue weighted by molar-refractivity contribution is 5.86. The summed E-state index contributed by atoms with van der Waals surface area (Å²) in [6, 6.07) is -1.01. The molecule has 128 valence electrons. The second-order valence-corrected chi connectivity index (χ2v) is 7.17. The van der Waals surface area contributed by atoms with Crippen molar-refractivity contribution in [1.82, 2.24) is 16.0 Å². The Morgan fingerprint density at radius 3 is 2.41 bits per heavy atom. The van der Waals surface area contributed by atoms with Gasteiger partial charge in [0.2, 0.25) is 5.91 Å². The molecule has 1 rings (SSSR count). The lowest BCUT2D eigenvalue weighted by atomic mass is 10.0. The van der Waals surface area contributed by atoms with E-state index in [4.69, 9.17) is 4.74 Å². The number of rotatable bonds is 5. The molecule has 1 heterocycles. The first-order valence-electron chi connectivity index (χ1n) is 7.77. The van der Waals surface area contributed by atoms with E-state index in [-0.39, 0.29) is 17.9 Å². The number of aliphatic hydroxyl groups excluding tert-OH is 1. The maximum Gasteiger partial charge on any atom is 0.408 e. The number of hydrogen-bond donors (Lipinski definition) is 4. The van der Waals surface area contributed by atoms with Gasteiger partial charge in [-0.3, -0.25) is 4.79 Å². The van der Waals surface area contributed by atoms with Gasteiger partial charge in [-0.15, -0.1) is 0 Å². The fourth-order valence-electron chi connectivity index (χ4n) is 2.25. The minimum absolute atomic E-state index is 0.234. The van der Waals surface area contributed by atoms with Gasteiger partial charge in [0.15, 0.2) is 0 Å². The summed E-state index contributed by atoms with van der Waals surface area (Å²) in [5, 5.41) is 18.1. The number of hydrogen-bond acceptors (Lipinski definition) is 5. The highest BCUT2D eigenvalue weighted by atomic mass is 16.6. The van der Waals surface area contributed by atoms with Gasteiger partial charge in [-0.1, -0.05) is 13.8 Å². The van der Waals surface area contributed by atoms with Crippen LogP contribution in [0.15, 0.2) is 0 Å². The van der Waals surface area contributed by atoms with Crippen LogP contribution in [0.1, 0.15) is 41.0 Å². The van der Waals surface area contributed by atoms with Crippen molar-refractivity contribution in [1.29, 1.82) is 0 Å². The molecule has 0 bridgehead atoms. The summed E-state index contributed by atoms with van der Waals surface area (Å²) in [5.41, 5.74) is -0.617. The molecule has 0 radical (unpaired) electrons. The van der Waals surface area contributed by atoms with Gasteiger partial charge in [0.05, 0.1) is 12.1 Å². The van der Waals surface area contributed by atoms with Crippen LogP contribution in [0.25, 0.3) is 0 Å². The Morgan fingerprint density at radius 2 is 1.95 bits per heavy atom. The van der Waals surface area contributed by atoms with Crippen molar-refractivity contribution in [2.75, 3.05) is 13.1 Å². The molecule has 4 N–H and O–H groups in total. The highest BCUT2D eigenvalue weighted by Crippen LogP contribution is 2.10. The van der Waals surface area contributed by atoms with Crippen LogP contribution in [0.4, 0.5) is 4.79 Å². The smallest absolute Gasteiger partial charge is 0.408 e. The predicted octanol–water partition coefficient (Wildman–Crippen LogP) is 0.375. The van der Waals surface area contributed by atoms with E-state index in [1.807, 2.05) is 13.8 Å². The van der Waals surface area contributed by atoms with Crippen LogP contribution < -0.4 is 16.0 Å². The maximum atomic E-state index is 12.4. The van der Waals surface area contributed by atoms with Gasteiger partial charge >= 0.3 is 6.09 Å². The van der Waals surface area contributed by atoms with Crippen molar-refractivity contribution in [3.63, 3.8) is 0 Å². The number of carbonyl (C=O) groups excluding carboxylic acids is 2. The second-order valence-electron chi connectivity index (χ2n) is 7.17. The third kappa shape index (κ3) is 6.62. The van der Waals surface area contributed by atoms with Gasteiger partial charge in [0.1, 0.15) is 11.6 Å². The zero-order chi connectivity index (χ0) is 16.9. The molecule has 2 amide bonds. The van der Waals surface area contributed by atoms with Crippen LogP contribution in [0.5, 0.6) is 0 Å². The minimum atomic E-state index is -0.678. The van der Waals surface area contributed by atoms with Crippen LogP contribution in [-0.4, -0.2) is 54.0 Å². The van der Waals surface area contributed by atoms with Gasteiger partial charge < -0.3 is 25.8 Å². The lowest BCUT2D eigenvalue weighted by molar-refractivity contribution is -0.124. The molecule has 2 unspecified atom stereocenters. The monoisotopic (exact) mass is 315 g/mol. The Bertz CT molecular complexity index is 393. The normalized spacial score (nSPS) is 23.2.